The van der Waals surface area contributed by atoms with Crippen LogP contribution in [0.4, 0.5) is 30.6 Å². The van der Waals surface area contributed by atoms with Crippen LogP contribution in [0.1, 0.15) is 11.1 Å². The third kappa shape index (κ3) is 4.04. The topological polar surface area (TPSA) is 154 Å². The molecule has 152 valence electrons. The van der Waals surface area contributed by atoms with Gasteiger partial charge in [-0.1, -0.05) is 6.07 Å². The summed E-state index contributed by atoms with van der Waals surface area (Å²) in [7, 11) is 0. The summed E-state index contributed by atoms with van der Waals surface area (Å²) in [6.07, 6.45) is -4.60. The number of aromatic nitrogens is 2. The standard InChI is InChI=1S/C18H11F3N6O3/c19-18(20,21)9-2-1-3-11(6-9)30-14-5-4-10(27(28)29)7-12(14)15-13(8-22)16(23)26-17(24)25-15/h1-7H,(H4,23,24,25,26). The number of nitrogens with two attached hydrogens (primary N) is 2. The molecule has 9 nitrogen and oxygen atoms in total. The number of nitrogens with zero attached hydrogens (tertiary/aromatic N) is 4. The number of alkyl halides is 3. The molecule has 1 aromatic heterocycles. The van der Waals surface area contributed by atoms with Gasteiger partial charge in [-0.3, -0.25) is 10.1 Å². The Kier molecular flexibility index (Phi) is 5.12. The van der Waals surface area contributed by atoms with Crippen molar-refractivity contribution >= 4 is 17.5 Å². The zero-order valence-electron chi connectivity index (χ0n) is 14.8. The lowest BCUT2D eigenvalue weighted by molar-refractivity contribution is -0.384. The molecule has 4 N–H and O–H groups in total. The first-order valence-corrected chi connectivity index (χ1v) is 8.07. The second-order valence-electron chi connectivity index (χ2n) is 5.87. The Morgan fingerprint density at radius 1 is 1.13 bits per heavy atom. The summed E-state index contributed by atoms with van der Waals surface area (Å²) >= 11 is 0. The number of nitriles is 1. The number of non-ortho nitro benzene ring substituents is 1. The van der Waals surface area contributed by atoms with E-state index < -0.39 is 16.7 Å². The Hall–Kier alpha value is -4.40. The molecule has 3 rings (SSSR count). The molecule has 0 atom stereocenters. The summed E-state index contributed by atoms with van der Waals surface area (Å²) in [6, 6.07) is 9.13. The summed E-state index contributed by atoms with van der Waals surface area (Å²) < 4.78 is 44.4. The van der Waals surface area contributed by atoms with Crippen LogP contribution in [0.25, 0.3) is 11.3 Å². The van der Waals surface area contributed by atoms with Crippen LogP contribution in [0.3, 0.4) is 0 Å². The molecule has 0 unspecified atom stereocenters. The van der Waals surface area contributed by atoms with Gasteiger partial charge >= 0.3 is 6.18 Å². The highest BCUT2D eigenvalue weighted by atomic mass is 19.4. The molecule has 0 saturated heterocycles. The lowest BCUT2D eigenvalue weighted by atomic mass is 10.0. The van der Waals surface area contributed by atoms with Gasteiger partial charge in [-0.15, -0.1) is 0 Å². The fourth-order valence-corrected chi connectivity index (χ4v) is 2.57. The van der Waals surface area contributed by atoms with Crippen molar-refractivity contribution in [1.82, 2.24) is 9.97 Å². The van der Waals surface area contributed by atoms with E-state index in [1.165, 1.54) is 12.1 Å². The molecule has 0 bridgehead atoms. The number of nitro groups is 1. The Morgan fingerprint density at radius 3 is 2.50 bits per heavy atom. The second kappa shape index (κ2) is 7.55. The summed E-state index contributed by atoms with van der Waals surface area (Å²) in [5.74, 6) is -0.864. The molecule has 0 radical (unpaired) electrons. The molecule has 0 fully saturated rings. The molecular formula is C18H11F3N6O3. The maximum Gasteiger partial charge on any atom is 0.416 e. The van der Waals surface area contributed by atoms with E-state index in [4.69, 9.17) is 16.2 Å². The maximum absolute atomic E-state index is 13.0. The van der Waals surface area contributed by atoms with Gasteiger partial charge < -0.3 is 16.2 Å². The van der Waals surface area contributed by atoms with Gasteiger partial charge in [-0.2, -0.15) is 23.4 Å². The van der Waals surface area contributed by atoms with Crippen molar-refractivity contribution in [3.8, 4) is 28.8 Å². The number of rotatable bonds is 4. The normalized spacial score (nSPS) is 11.0. The van der Waals surface area contributed by atoms with Gasteiger partial charge in [0.25, 0.3) is 5.69 Å². The van der Waals surface area contributed by atoms with Crippen LogP contribution < -0.4 is 16.2 Å². The van der Waals surface area contributed by atoms with Crippen LogP contribution in [0.2, 0.25) is 0 Å². The van der Waals surface area contributed by atoms with Crippen molar-refractivity contribution in [2.75, 3.05) is 11.5 Å². The minimum absolute atomic E-state index is 0.0704. The molecule has 0 aliphatic rings. The van der Waals surface area contributed by atoms with E-state index in [2.05, 4.69) is 9.97 Å². The zero-order valence-corrected chi connectivity index (χ0v) is 14.8. The number of benzene rings is 2. The number of halogens is 3. The van der Waals surface area contributed by atoms with Crippen LogP contribution in [-0.2, 0) is 6.18 Å². The molecule has 0 aliphatic heterocycles. The number of nitrogen functional groups attached to an aromatic ring is 2. The highest BCUT2D eigenvalue weighted by Crippen LogP contribution is 2.39. The van der Waals surface area contributed by atoms with Crippen molar-refractivity contribution in [3.05, 3.63) is 63.7 Å². The summed E-state index contributed by atoms with van der Waals surface area (Å²) in [4.78, 5) is 18.1. The van der Waals surface area contributed by atoms with Crippen LogP contribution in [-0.4, -0.2) is 14.9 Å². The molecular weight excluding hydrogens is 405 g/mol. The molecule has 0 spiro atoms. The first-order chi connectivity index (χ1) is 14.1. The van der Waals surface area contributed by atoms with Crippen molar-refractivity contribution in [2.24, 2.45) is 0 Å². The van der Waals surface area contributed by atoms with E-state index in [1.54, 1.807) is 6.07 Å². The van der Waals surface area contributed by atoms with Gasteiger partial charge in [-0.05, 0) is 24.3 Å². The minimum Gasteiger partial charge on any atom is -0.457 e. The van der Waals surface area contributed by atoms with E-state index >= 15 is 0 Å². The average Bonchev–Trinajstić information content (AvgIpc) is 2.67. The van der Waals surface area contributed by atoms with Crippen molar-refractivity contribution in [1.29, 1.82) is 5.26 Å². The highest BCUT2D eigenvalue weighted by molar-refractivity contribution is 5.79. The van der Waals surface area contributed by atoms with Gasteiger partial charge in [0.15, 0.2) is 0 Å². The van der Waals surface area contributed by atoms with E-state index in [-0.39, 0.29) is 45.8 Å². The molecule has 1 heterocycles. The smallest absolute Gasteiger partial charge is 0.416 e. The fraction of sp³-hybridized carbons (Fsp3) is 0.0556. The number of hydrogen-bond donors (Lipinski definition) is 2. The Labute approximate surface area is 166 Å². The lowest BCUT2D eigenvalue weighted by Gasteiger charge is -2.14. The fourth-order valence-electron chi connectivity index (χ4n) is 2.57. The number of nitro benzene ring substituents is 1. The van der Waals surface area contributed by atoms with Crippen LogP contribution in [0.5, 0.6) is 11.5 Å². The van der Waals surface area contributed by atoms with E-state index in [0.717, 1.165) is 30.3 Å². The average molecular weight is 416 g/mol. The minimum atomic E-state index is -4.60. The van der Waals surface area contributed by atoms with Gasteiger partial charge in [0.2, 0.25) is 5.95 Å². The molecule has 2 aromatic carbocycles. The number of ether oxygens (including phenoxy) is 1. The lowest BCUT2D eigenvalue weighted by Crippen LogP contribution is -2.06. The predicted octanol–water partition coefficient (Wildman–Crippen LogP) is 3.90. The molecule has 30 heavy (non-hydrogen) atoms. The molecule has 12 heteroatoms. The van der Waals surface area contributed by atoms with E-state index in [1.807, 2.05) is 0 Å². The molecule has 0 aliphatic carbocycles. The largest absolute Gasteiger partial charge is 0.457 e. The van der Waals surface area contributed by atoms with Crippen molar-refractivity contribution in [3.63, 3.8) is 0 Å². The Balaban J connectivity index is 2.19. The monoisotopic (exact) mass is 416 g/mol. The first kappa shape index (κ1) is 20.3. The van der Waals surface area contributed by atoms with Gasteiger partial charge in [0, 0.05) is 12.1 Å². The number of hydrogen-bond acceptors (Lipinski definition) is 8. The maximum atomic E-state index is 13.0. The van der Waals surface area contributed by atoms with E-state index in [9.17, 15) is 28.5 Å². The zero-order chi connectivity index (χ0) is 22.1. The highest BCUT2D eigenvalue weighted by Gasteiger charge is 2.31. The number of anilines is 2. The van der Waals surface area contributed by atoms with Crippen LogP contribution in [0.15, 0.2) is 42.5 Å². The van der Waals surface area contributed by atoms with Gasteiger partial charge in [0.1, 0.15) is 28.9 Å². The predicted molar refractivity (Wildman–Crippen MR) is 99.2 cm³/mol. The van der Waals surface area contributed by atoms with Crippen LogP contribution >= 0.6 is 0 Å². The third-order valence-electron chi connectivity index (χ3n) is 3.88. The van der Waals surface area contributed by atoms with Gasteiger partial charge in [-0.25, -0.2) is 4.98 Å². The van der Waals surface area contributed by atoms with E-state index in [0.29, 0.717) is 0 Å². The van der Waals surface area contributed by atoms with Crippen LogP contribution in [0, 0.1) is 21.4 Å². The molecule has 0 saturated carbocycles. The van der Waals surface area contributed by atoms with Gasteiger partial charge in [0.05, 0.1) is 21.7 Å². The SMILES string of the molecule is N#Cc1c(N)nc(N)nc1-c1cc([N+](=O)[O-])ccc1Oc1cccc(C(F)(F)F)c1. The summed E-state index contributed by atoms with van der Waals surface area (Å²) in [5, 5.41) is 20.6. The first-order valence-electron chi connectivity index (χ1n) is 8.07. The summed E-state index contributed by atoms with van der Waals surface area (Å²) in [5.41, 5.74) is 9.49. The Morgan fingerprint density at radius 2 is 1.87 bits per heavy atom. The Bertz CT molecular complexity index is 1190. The quantitative estimate of drug-likeness (QED) is 0.479. The summed E-state index contributed by atoms with van der Waals surface area (Å²) in [6.45, 7) is 0. The second-order valence-corrected chi connectivity index (χ2v) is 5.87. The van der Waals surface area contributed by atoms with Crippen molar-refractivity contribution < 1.29 is 22.8 Å². The molecule has 3 aromatic rings. The molecule has 0 amide bonds. The van der Waals surface area contributed by atoms with Crippen molar-refractivity contribution in [2.45, 2.75) is 6.18 Å². The third-order valence-corrected chi connectivity index (χ3v) is 3.88.